The Hall–Kier alpha value is -2.25. The summed E-state index contributed by atoms with van der Waals surface area (Å²) in [6, 6.07) is 8.38. The smallest absolute Gasteiger partial charge is 0.267 e. The van der Waals surface area contributed by atoms with Gasteiger partial charge in [0.25, 0.3) is 5.89 Å². The predicted octanol–water partition coefficient (Wildman–Crippen LogP) is 4.11. The summed E-state index contributed by atoms with van der Waals surface area (Å²) in [5.41, 5.74) is 0.178. The van der Waals surface area contributed by atoms with Crippen molar-refractivity contribution in [3.63, 3.8) is 0 Å². The summed E-state index contributed by atoms with van der Waals surface area (Å²) in [6.45, 7) is 0.291. The summed E-state index contributed by atoms with van der Waals surface area (Å²) in [4.78, 5) is 18.9. The van der Waals surface area contributed by atoms with E-state index in [0.29, 0.717) is 18.3 Å². The maximum absolute atomic E-state index is 14.2. The number of amides is 1. The van der Waals surface area contributed by atoms with Gasteiger partial charge in [-0.1, -0.05) is 28.9 Å². The lowest BCUT2D eigenvalue weighted by Crippen LogP contribution is -2.25. The lowest BCUT2D eigenvalue weighted by Gasteiger charge is -2.17. The topological polar surface area (TPSA) is 59.2 Å². The zero-order valence-corrected chi connectivity index (χ0v) is 13.9. The zero-order valence-electron chi connectivity index (χ0n) is 12.3. The number of aromatic nitrogens is 2. The Labute approximate surface area is 145 Å². The van der Waals surface area contributed by atoms with Crippen molar-refractivity contribution in [3.05, 3.63) is 52.4 Å². The first kappa shape index (κ1) is 15.3. The van der Waals surface area contributed by atoms with Gasteiger partial charge >= 0.3 is 0 Å². The average Bonchev–Trinajstić information content (AvgIpc) is 3.29. The fourth-order valence-electron chi connectivity index (χ4n) is 2.72. The van der Waals surface area contributed by atoms with E-state index >= 15 is 0 Å². The Morgan fingerprint density at radius 1 is 1.33 bits per heavy atom. The Balaban J connectivity index is 1.59. The van der Waals surface area contributed by atoms with E-state index in [2.05, 4.69) is 10.1 Å². The maximum Gasteiger partial charge on any atom is 0.267 e. The van der Waals surface area contributed by atoms with Gasteiger partial charge in [0.2, 0.25) is 5.91 Å². The lowest BCUT2D eigenvalue weighted by molar-refractivity contribution is -0.117. The molecule has 24 heavy (non-hydrogen) atoms. The van der Waals surface area contributed by atoms with E-state index < -0.39 is 5.82 Å². The minimum atomic E-state index is -0.597. The molecule has 1 saturated heterocycles. The van der Waals surface area contributed by atoms with Crippen molar-refractivity contribution in [2.75, 3.05) is 11.4 Å². The minimum Gasteiger partial charge on any atom is -0.333 e. The first-order valence-corrected chi connectivity index (χ1v) is 8.51. The Morgan fingerprint density at radius 2 is 2.21 bits per heavy atom. The summed E-state index contributed by atoms with van der Waals surface area (Å²) < 4.78 is 19.4. The molecule has 2 aromatic heterocycles. The molecule has 0 bridgehead atoms. The number of benzene rings is 1. The summed E-state index contributed by atoms with van der Waals surface area (Å²) in [7, 11) is 0. The van der Waals surface area contributed by atoms with E-state index in [1.54, 1.807) is 6.07 Å². The fourth-order valence-corrected chi connectivity index (χ4v) is 3.53. The molecule has 1 aliphatic heterocycles. The third kappa shape index (κ3) is 2.59. The Morgan fingerprint density at radius 3 is 3.00 bits per heavy atom. The quantitative estimate of drug-likeness (QED) is 0.702. The van der Waals surface area contributed by atoms with E-state index in [-0.39, 0.29) is 29.0 Å². The number of carbonyl (C=O) groups excluding carboxylic acids is 1. The molecule has 0 N–H and O–H groups in total. The number of anilines is 1. The van der Waals surface area contributed by atoms with Crippen LogP contribution >= 0.6 is 22.9 Å². The largest absolute Gasteiger partial charge is 0.333 e. The maximum atomic E-state index is 14.2. The molecule has 1 aromatic carbocycles. The van der Waals surface area contributed by atoms with Crippen molar-refractivity contribution < 1.29 is 13.7 Å². The van der Waals surface area contributed by atoms with Crippen LogP contribution in [0.2, 0.25) is 5.02 Å². The van der Waals surface area contributed by atoms with Gasteiger partial charge in [-0.25, -0.2) is 4.39 Å². The van der Waals surface area contributed by atoms with E-state index in [1.807, 2.05) is 17.5 Å². The molecule has 8 heteroatoms. The standard InChI is InChI=1S/C16H11ClFN3O2S/c17-10-3-1-4-11(14(10)18)21-8-9(7-13(21)22)15-19-16(23-20-15)12-5-2-6-24-12/h1-6,9H,7-8H2. The van der Waals surface area contributed by atoms with Crippen LogP contribution in [-0.2, 0) is 4.79 Å². The molecular formula is C16H11ClFN3O2S. The molecule has 1 amide bonds. The summed E-state index contributed by atoms with van der Waals surface area (Å²) in [6.07, 6.45) is 0.204. The number of carbonyl (C=O) groups is 1. The van der Waals surface area contributed by atoms with E-state index in [4.69, 9.17) is 16.1 Å². The van der Waals surface area contributed by atoms with Gasteiger partial charge in [0, 0.05) is 18.9 Å². The fraction of sp³-hybridized carbons (Fsp3) is 0.188. The number of halogens is 2. The Bertz CT molecular complexity index is 897. The van der Waals surface area contributed by atoms with Crippen LogP contribution in [-0.4, -0.2) is 22.6 Å². The van der Waals surface area contributed by atoms with E-state index in [0.717, 1.165) is 4.88 Å². The predicted molar refractivity (Wildman–Crippen MR) is 88.7 cm³/mol. The van der Waals surface area contributed by atoms with Gasteiger partial charge in [0.05, 0.1) is 15.6 Å². The van der Waals surface area contributed by atoms with Crippen molar-refractivity contribution in [2.45, 2.75) is 12.3 Å². The van der Waals surface area contributed by atoms with Crippen LogP contribution in [0.1, 0.15) is 18.2 Å². The SMILES string of the molecule is O=C1CC(c2noc(-c3cccs3)n2)CN1c1cccc(Cl)c1F. The molecule has 5 nitrogen and oxygen atoms in total. The van der Waals surface area contributed by atoms with Crippen LogP contribution in [0, 0.1) is 5.82 Å². The number of nitrogens with zero attached hydrogens (tertiary/aromatic N) is 3. The van der Waals surface area contributed by atoms with Gasteiger partial charge in [-0.05, 0) is 23.6 Å². The normalized spacial score (nSPS) is 17.7. The van der Waals surface area contributed by atoms with Crippen LogP contribution in [0.25, 0.3) is 10.8 Å². The van der Waals surface area contributed by atoms with E-state index in [1.165, 1.54) is 28.4 Å². The van der Waals surface area contributed by atoms with Crippen LogP contribution in [0.4, 0.5) is 10.1 Å². The molecule has 1 unspecified atom stereocenters. The summed E-state index contributed by atoms with van der Waals surface area (Å²) >= 11 is 7.30. The van der Waals surface area contributed by atoms with Gasteiger partial charge in [0.15, 0.2) is 11.6 Å². The van der Waals surface area contributed by atoms with Crippen molar-refractivity contribution in [1.82, 2.24) is 10.1 Å². The van der Waals surface area contributed by atoms with Crippen molar-refractivity contribution in [1.29, 1.82) is 0 Å². The van der Waals surface area contributed by atoms with Crippen LogP contribution in [0.5, 0.6) is 0 Å². The van der Waals surface area contributed by atoms with Gasteiger partial charge in [-0.15, -0.1) is 11.3 Å². The molecule has 4 rings (SSSR count). The molecule has 3 aromatic rings. The van der Waals surface area contributed by atoms with Crippen LogP contribution in [0.3, 0.4) is 0 Å². The van der Waals surface area contributed by atoms with Crippen molar-refractivity contribution in [3.8, 4) is 10.8 Å². The van der Waals surface area contributed by atoms with Gasteiger partial charge in [-0.3, -0.25) is 4.79 Å². The highest BCUT2D eigenvalue weighted by Crippen LogP contribution is 2.34. The Kier molecular flexibility index (Phi) is 3.82. The molecular weight excluding hydrogens is 353 g/mol. The average molecular weight is 364 g/mol. The second-order valence-corrected chi connectivity index (χ2v) is 6.77. The number of thiophene rings is 1. The summed E-state index contributed by atoms with van der Waals surface area (Å²) in [5, 5.41) is 5.89. The van der Waals surface area contributed by atoms with Crippen LogP contribution < -0.4 is 4.90 Å². The molecule has 0 saturated carbocycles. The van der Waals surface area contributed by atoms with Gasteiger partial charge in [0.1, 0.15) is 0 Å². The van der Waals surface area contributed by atoms with E-state index in [9.17, 15) is 9.18 Å². The third-order valence-corrected chi connectivity index (χ3v) is 5.04. The number of hydrogen-bond acceptors (Lipinski definition) is 5. The molecule has 0 spiro atoms. The highest BCUT2D eigenvalue weighted by molar-refractivity contribution is 7.13. The number of rotatable bonds is 3. The lowest BCUT2D eigenvalue weighted by atomic mass is 10.1. The summed E-state index contributed by atoms with van der Waals surface area (Å²) in [5.74, 6) is -0.144. The minimum absolute atomic E-state index is 0.0108. The molecule has 3 heterocycles. The first-order chi connectivity index (χ1) is 11.6. The van der Waals surface area contributed by atoms with Gasteiger partial charge < -0.3 is 9.42 Å². The highest BCUT2D eigenvalue weighted by atomic mass is 35.5. The monoisotopic (exact) mass is 363 g/mol. The highest BCUT2D eigenvalue weighted by Gasteiger charge is 2.36. The second kappa shape index (κ2) is 5.99. The van der Waals surface area contributed by atoms with Crippen molar-refractivity contribution in [2.24, 2.45) is 0 Å². The molecule has 122 valence electrons. The first-order valence-electron chi connectivity index (χ1n) is 7.25. The molecule has 0 aliphatic carbocycles. The third-order valence-electron chi connectivity index (χ3n) is 3.89. The van der Waals surface area contributed by atoms with Crippen molar-refractivity contribution >= 4 is 34.5 Å². The van der Waals surface area contributed by atoms with Crippen LogP contribution in [0.15, 0.2) is 40.2 Å². The number of hydrogen-bond donors (Lipinski definition) is 0. The molecule has 1 atom stereocenters. The molecule has 0 radical (unpaired) electrons. The van der Waals surface area contributed by atoms with Gasteiger partial charge in [-0.2, -0.15) is 4.98 Å². The molecule has 1 aliphatic rings. The molecule has 1 fully saturated rings. The second-order valence-electron chi connectivity index (χ2n) is 5.41. The zero-order chi connectivity index (χ0) is 16.7.